The molecule has 40 heavy (non-hydrogen) atoms. The number of thioether (sulfide) groups is 1. The van der Waals surface area contributed by atoms with Crippen LogP contribution in [0.15, 0.2) is 58.7 Å². The van der Waals surface area contributed by atoms with Crippen molar-refractivity contribution >= 4 is 39.8 Å². The predicted molar refractivity (Wildman–Crippen MR) is 146 cm³/mol. The molecule has 11 nitrogen and oxygen atoms in total. The van der Waals surface area contributed by atoms with E-state index < -0.39 is 45.4 Å². The van der Waals surface area contributed by atoms with E-state index in [0.29, 0.717) is 31.9 Å². The topological polar surface area (TPSA) is 137 Å². The molecule has 2 fully saturated rings. The standard InChI is InChI=1S/C26H31FN4O7S2/c1-29-10-2-11-30(13-12-29)26(35)38-21-6-3-18(19(15-21)17-32)16-23(24(33)34)31(25-28-9-14-39-25)40(36,37)22-7-4-20(27)5-8-22/h3-8,15,18,23,25,28H,2,9-14,16H2,1H3,(H,33,34)/t18?,23-,25?/m0/s1. The van der Waals surface area contributed by atoms with Gasteiger partial charge < -0.3 is 19.6 Å². The summed E-state index contributed by atoms with van der Waals surface area (Å²) in [6.45, 7) is 3.06. The van der Waals surface area contributed by atoms with Crippen LogP contribution in [0.1, 0.15) is 12.8 Å². The van der Waals surface area contributed by atoms with Gasteiger partial charge in [0.05, 0.1) is 4.90 Å². The lowest BCUT2D eigenvalue weighted by atomic mass is 9.89. The number of carbonyl (C=O) groups excluding carboxylic acids is 2. The van der Waals surface area contributed by atoms with Crippen molar-refractivity contribution in [3.05, 3.63) is 59.6 Å². The number of hydrogen-bond donors (Lipinski definition) is 2. The molecule has 0 aromatic heterocycles. The van der Waals surface area contributed by atoms with Crippen molar-refractivity contribution in [2.24, 2.45) is 5.92 Å². The number of allylic oxidation sites excluding steroid dienone is 4. The summed E-state index contributed by atoms with van der Waals surface area (Å²) in [5, 5.41) is 13.2. The van der Waals surface area contributed by atoms with Gasteiger partial charge in [0.25, 0.3) is 0 Å². The summed E-state index contributed by atoms with van der Waals surface area (Å²) in [6, 6.07) is 2.57. The minimum atomic E-state index is -4.39. The number of hydrogen-bond acceptors (Lipinski definition) is 9. The second kappa shape index (κ2) is 13.1. The first kappa shape index (κ1) is 30.0. The van der Waals surface area contributed by atoms with Crippen LogP contribution >= 0.6 is 11.8 Å². The number of nitrogens with zero attached hydrogens (tertiary/aromatic N) is 3. The molecular formula is C26H31FN4O7S2. The second-order valence-corrected chi connectivity index (χ2v) is 12.7. The highest BCUT2D eigenvalue weighted by Gasteiger charge is 2.44. The fraction of sp³-hybridized carbons (Fsp3) is 0.462. The van der Waals surface area contributed by atoms with Crippen molar-refractivity contribution in [2.45, 2.75) is 29.3 Å². The number of likely N-dealkylation sites (N-methyl/N-ethyl adjacent to an activating group) is 1. The van der Waals surface area contributed by atoms with Crippen molar-refractivity contribution in [1.82, 2.24) is 19.4 Å². The maximum absolute atomic E-state index is 13.6. The summed E-state index contributed by atoms with van der Waals surface area (Å²) in [5.41, 5.74) is -0.856. The van der Waals surface area contributed by atoms with Gasteiger partial charge >= 0.3 is 12.1 Å². The number of nitrogens with one attached hydrogen (secondary N) is 1. The van der Waals surface area contributed by atoms with Crippen LogP contribution in [0.4, 0.5) is 9.18 Å². The number of ether oxygens (including phenoxy) is 1. The van der Waals surface area contributed by atoms with Gasteiger partial charge in [-0.2, -0.15) is 4.31 Å². The average molecular weight is 595 g/mol. The second-order valence-electron chi connectivity index (χ2n) is 9.64. The van der Waals surface area contributed by atoms with E-state index in [1.54, 1.807) is 10.8 Å². The SMILES string of the molecule is CN1CCCN(C(=O)OC2=CC(=C=O)C(C[C@@H](C(=O)O)N(C3NCCS3)S(=O)(=O)c3ccc(F)cc3)C=C2)CC1. The van der Waals surface area contributed by atoms with E-state index in [4.69, 9.17) is 4.74 Å². The molecule has 3 atom stereocenters. The van der Waals surface area contributed by atoms with Gasteiger partial charge in [0.15, 0.2) is 0 Å². The maximum atomic E-state index is 13.6. The van der Waals surface area contributed by atoms with Crippen LogP contribution < -0.4 is 5.32 Å². The minimum absolute atomic E-state index is 0.0262. The summed E-state index contributed by atoms with van der Waals surface area (Å²) >= 11 is 1.23. The smallest absolute Gasteiger partial charge is 0.415 e. The number of carboxylic acid groups (broad SMARTS) is 1. The molecule has 216 valence electrons. The van der Waals surface area contributed by atoms with E-state index >= 15 is 0 Å². The van der Waals surface area contributed by atoms with Crippen molar-refractivity contribution in [3.63, 3.8) is 0 Å². The van der Waals surface area contributed by atoms with E-state index in [2.05, 4.69) is 10.2 Å². The van der Waals surface area contributed by atoms with Gasteiger partial charge in [0.2, 0.25) is 10.0 Å². The van der Waals surface area contributed by atoms with Crippen LogP contribution in [0, 0.1) is 11.7 Å². The number of amides is 1. The minimum Gasteiger partial charge on any atom is -0.480 e. The fourth-order valence-electron chi connectivity index (χ4n) is 4.71. The summed E-state index contributed by atoms with van der Waals surface area (Å²) in [5.74, 6) is -0.411. The molecule has 2 saturated heterocycles. The molecule has 3 aliphatic rings. The molecule has 1 aromatic carbocycles. The normalized spacial score (nSPS) is 22.9. The first-order valence-corrected chi connectivity index (χ1v) is 15.3. The van der Waals surface area contributed by atoms with Crippen LogP contribution in [0.5, 0.6) is 0 Å². The Hall–Kier alpha value is -3.00. The van der Waals surface area contributed by atoms with Crippen LogP contribution in [0.3, 0.4) is 0 Å². The molecule has 0 spiro atoms. The molecule has 0 radical (unpaired) electrons. The lowest BCUT2D eigenvalue weighted by Gasteiger charge is -2.34. The van der Waals surface area contributed by atoms with Crippen molar-refractivity contribution in [2.75, 3.05) is 45.5 Å². The summed E-state index contributed by atoms with van der Waals surface area (Å²) in [4.78, 5) is 40.5. The number of halogens is 1. The van der Waals surface area contributed by atoms with Crippen molar-refractivity contribution in [1.29, 1.82) is 0 Å². The van der Waals surface area contributed by atoms with Gasteiger partial charge in [0, 0.05) is 43.4 Å². The highest BCUT2D eigenvalue weighted by atomic mass is 32.2. The van der Waals surface area contributed by atoms with E-state index in [0.717, 1.165) is 41.5 Å². The molecule has 0 bridgehead atoms. The van der Waals surface area contributed by atoms with Gasteiger partial charge in [-0.05, 0) is 62.9 Å². The molecule has 2 N–H and O–H groups in total. The summed E-state index contributed by atoms with van der Waals surface area (Å²) < 4.78 is 47.1. The van der Waals surface area contributed by atoms with Gasteiger partial charge in [-0.15, -0.1) is 11.8 Å². The monoisotopic (exact) mass is 594 g/mol. The molecule has 2 heterocycles. The number of carbonyl (C=O) groups is 2. The Morgan fingerprint density at radius 1 is 1.25 bits per heavy atom. The number of sulfonamides is 1. The summed E-state index contributed by atoms with van der Waals surface area (Å²) in [7, 11) is -2.42. The number of carboxylic acids is 1. The van der Waals surface area contributed by atoms with E-state index in [1.165, 1.54) is 30.0 Å². The quantitative estimate of drug-likeness (QED) is 0.430. The first-order chi connectivity index (χ1) is 19.1. The van der Waals surface area contributed by atoms with Crippen molar-refractivity contribution in [3.8, 4) is 0 Å². The van der Waals surface area contributed by atoms with E-state index in [1.807, 2.05) is 7.05 Å². The van der Waals surface area contributed by atoms with Crippen LogP contribution in [-0.4, -0.2) is 103 Å². The maximum Gasteiger partial charge on any atom is 0.415 e. The van der Waals surface area contributed by atoms with Crippen LogP contribution in [-0.2, 0) is 24.3 Å². The third kappa shape index (κ3) is 7.00. The summed E-state index contributed by atoms with van der Waals surface area (Å²) in [6.07, 6.45) is 4.25. The van der Waals surface area contributed by atoms with E-state index in [-0.39, 0.29) is 22.6 Å². The molecule has 0 saturated carbocycles. The molecule has 2 unspecified atom stereocenters. The highest BCUT2D eigenvalue weighted by Crippen LogP contribution is 2.33. The predicted octanol–water partition coefficient (Wildman–Crippen LogP) is 1.88. The lowest BCUT2D eigenvalue weighted by molar-refractivity contribution is -0.142. The first-order valence-electron chi connectivity index (χ1n) is 12.8. The zero-order valence-corrected chi connectivity index (χ0v) is 23.5. The molecule has 14 heteroatoms. The molecule has 1 aliphatic carbocycles. The number of benzene rings is 1. The number of aliphatic carboxylic acids is 1. The molecule has 1 aromatic rings. The highest BCUT2D eigenvalue weighted by molar-refractivity contribution is 8.01. The molecule has 4 rings (SSSR count). The van der Waals surface area contributed by atoms with Gasteiger partial charge in [-0.3, -0.25) is 10.1 Å². The van der Waals surface area contributed by atoms with Gasteiger partial charge in [-0.25, -0.2) is 22.4 Å². The molecular weight excluding hydrogens is 563 g/mol. The number of rotatable bonds is 8. The average Bonchev–Trinajstić information content (AvgIpc) is 3.35. The molecule has 2 aliphatic heterocycles. The Labute approximate surface area is 236 Å². The lowest BCUT2D eigenvalue weighted by Crippen LogP contribution is -2.53. The van der Waals surface area contributed by atoms with Crippen molar-refractivity contribution < 1.29 is 37.0 Å². The zero-order valence-electron chi connectivity index (χ0n) is 21.9. The Kier molecular flexibility index (Phi) is 9.82. The third-order valence-electron chi connectivity index (χ3n) is 6.88. The zero-order chi connectivity index (χ0) is 28.9. The molecule has 1 amide bonds. The Morgan fingerprint density at radius 3 is 2.65 bits per heavy atom. The third-order valence-corrected chi connectivity index (χ3v) is 10.0. The fourth-order valence-corrected chi connectivity index (χ4v) is 7.78. The van der Waals surface area contributed by atoms with Gasteiger partial charge in [-0.1, -0.05) is 6.08 Å². The van der Waals surface area contributed by atoms with Crippen LogP contribution in [0.25, 0.3) is 0 Å². The Balaban J connectivity index is 1.54. The Morgan fingerprint density at radius 2 is 2.00 bits per heavy atom. The van der Waals surface area contributed by atoms with Gasteiger partial charge in [0.1, 0.15) is 29.1 Å². The Bertz CT molecular complexity index is 1320. The van der Waals surface area contributed by atoms with Crippen LogP contribution in [0.2, 0.25) is 0 Å². The largest absolute Gasteiger partial charge is 0.480 e. The van der Waals surface area contributed by atoms with E-state index in [9.17, 15) is 32.3 Å².